The molecule has 0 aliphatic heterocycles. The molecule has 1 aromatic heterocycles. The van der Waals surface area contributed by atoms with Gasteiger partial charge in [-0.15, -0.1) is 0 Å². The minimum Gasteiger partial charge on any atom is -0.307 e. The summed E-state index contributed by atoms with van der Waals surface area (Å²) in [5.74, 6) is -1.55. The lowest BCUT2D eigenvalue weighted by atomic mass is 10.2. The van der Waals surface area contributed by atoms with Crippen LogP contribution < -0.4 is 5.32 Å². The highest BCUT2D eigenvalue weighted by Gasteiger charge is 2.08. The Morgan fingerprint density at radius 2 is 1.88 bits per heavy atom. The van der Waals surface area contributed by atoms with Crippen LogP contribution in [-0.2, 0) is 11.3 Å². The van der Waals surface area contributed by atoms with Gasteiger partial charge in [0, 0.05) is 22.7 Å². The number of benzene rings is 2. The Bertz CT molecular complexity index is 949. The van der Waals surface area contributed by atoms with Crippen LogP contribution in [0.15, 0.2) is 60.8 Å². The molecule has 0 saturated heterocycles. The Morgan fingerprint density at radius 1 is 1.15 bits per heavy atom. The first-order chi connectivity index (χ1) is 12.5. The van der Waals surface area contributed by atoms with Crippen molar-refractivity contribution in [3.63, 3.8) is 0 Å². The van der Waals surface area contributed by atoms with Crippen LogP contribution in [0.4, 0.5) is 14.6 Å². The van der Waals surface area contributed by atoms with Crippen molar-refractivity contribution < 1.29 is 13.6 Å². The SMILES string of the molecule is O=C(/C=C\c1c(F)cccc1F)Nc1ccnn1Cc1cccc(Cl)c1. The average Bonchev–Trinajstić information content (AvgIpc) is 3.01. The topological polar surface area (TPSA) is 46.9 Å². The van der Waals surface area contributed by atoms with E-state index in [0.29, 0.717) is 17.4 Å². The highest BCUT2D eigenvalue weighted by Crippen LogP contribution is 2.16. The van der Waals surface area contributed by atoms with Gasteiger partial charge >= 0.3 is 0 Å². The van der Waals surface area contributed by atoms with Gasteiger partial charge in [0.05, 0.1) is 12.7 Å². The van der Waals surface area contributed by atoms with Crippen molar-refractivity contribution in [1.29, 1.82) is 0 Å². The van der Waals surface area contributed by atoms with Crippen LogP contribution in [-0.4, -0.2) is 15.7 Å². The van der Waals surface area contributed by atoms with Crippen LogP contribution in [0.25, 0.3) is 6.08 Å². The number of hydrogen-bond donors (Lipinski definition) is 1. The lowest BCUT2D eigenvalue weighted by Gasteiger charge is -2.08. The average molecular weight is 374 g/mol. The maximum atomic E-state index is 13.6. The summed E-state index contributed by atoms with van der Waals surface area (Å²) in [6.45, 7) is 0.412. The van der Waals surface area contributed by atoms with E-state index in [1.54, 1.807) is 29.1 Å². The largest absolute Gasteiger partial charge is 0.307 e. The fourth-order valence-corrected chi connectivity index (χ4v) is 2.58. The highest BCUT2D eigenvalue weighted by molar-refractivity contribution is 6.30. The fraction of sp³-hybridized carbons (Fsp3) is 0.0526. The minimum atomic E-state index is -0.736. The molecule has 3 rings (SSSR count). The van der Waals surface area contributed by atoms with Gasteiger partial charge in [0.1, 0.15) is 17.5 Å². The van der Waals surface area contributed by atoms with Crippen LogP contribution in [0.3, 0.4) is 0 Å². The summed E-state index contributed by atoms with van der Waals surface area (Å²) in [6.07, 6.45) is 3.70. The first-order valence-corrected chi connectivity index (χ1v) is 8.10. The molecule has 1 amide bonds. The summed E-state index contributed by atoms with van der Waals surface area (Å²) in [6, 6.07) is 12.4. The molecule has 7 heteroatoms. The number of hydrogen-bond acceptors (Lipinski definition) is 2. The molecule has 1 N–H and O–H groups in total. The molecule has 0 spiro atoms. The van der Waals surface area contributed by atoms with Crippen LogP contribution in [0.5, 0.6) is 0 Å². The van der Waals surface area contributed by atoms with Gasteiger partial charge in [0.15, 0.2) is 0 Å². The molecule has 0 bridgehead atoms. The van der Waals surface area contributed by atoms with Gasteiger partial charge in [-0.3, -0.25) is 4.79 Å². The molecule has 3 aromatic rings. The van der Waals surface area contributed by atoms with Crippen LogP contribution >= 0.6 is 11.6 Å². The number of nitrogens with one attached hydrogen (secondary N) is 1. The van der Waals surface area contributed by atoms with E-state index in [2.05, 4.69) is 10.4 Å². The van der Waals surface area contributed by atoms with Crippen LogP contribution in [0.1, 0.15) is 11.1 Å². The summed E-state index contributed by atoms with van der Waals surface area (Å²) < 4.78 is 28.7. The number of anilines is 1. The van der Waals surface area contributed by atoms with E-state index in [1.165, 1.54) is 6.07 Å². The van der Waals surface area contributed by atoms with E-state index in [-0.39, 0.29) is 5.56 Å². The highest BCUT2D eigenvalue weighted by atomic mass is 35.5. The van der Waals surface area contributed by atoms with Gasteiger partial charge in [-0.05, 0) is 35.9 Å². The summed E-state index contributed by atoms with van der Waals surface area (Å²) in [5.41, 5.74) is 0.649. The fourth-order valence-electron chi connectivity index (χ4n) is 2.37. The van der Waals surface area contributed by atoms with E-state index in [9.17, 15) is 13.6 Å². The second kappa shape index (κ2) is 7.93. The van der Waals surface area contributed by atoms with Gasteiger partial charge in [0.2, 0.25) is 5.91 Å². The quantitative estimate of drug-likeness (QED) is 0.669. The lowest BCUT2D eigenvalue weighted by molar-refractivity contribution is -0.111. The first kappa shape index (κ1) is 17.8. The normalized spacial score (nSPS) is 11.0. The van der Waals surface area contributed by atoms with E-state index in [1.807, 2.05) is 12.1 Å². The zero-order valence-electron chi connectivity index (χ0n) is 13.5. The summed E-state index contributed by atoms with van der Waals surface area (Å²) >= 11 is 5.96. The molecule has 0 atom stereocenters. The molecule has 1 heterocycles. The van der Waals surface area contributed by atoms with E-state index < -0.39 is 17.5 Å². The Kier molecular flexibility index (Phi) is 5.43. The van der Waals surface area contributed by atoms with E-state index in [0.717, 1.165) is 29.8 Å². The Hall–Kier alpha value is -2.99. The zero-order valence-corrected chi connectivity index (χ0v) is 14.3. The predicted molar refractivity (Wildman–Crippen MR) is 96.8 cm³/mol. The summed E-state index contributed by atoms with van der Waals surface area (Å²) in [4.78, 5) is 12.1. The molecule has 4 nitrogen and oxygen atoms in total. The zero-order chi connectivity index (χ0) is 18.5. The number of nitrogens with zero attached hydrogens (tertiary/aromatic N) is 2. The molecular formula is C19H14ClF2N3O. The first-order valence-electron chi connectivity index (χ1n) is 7.72. The Morgan fingerprint density at radius 3 is 2.62 bits per heavy atom. The molecule has 0 saturated carbocycles. The summed E-state index contributed by atoms with van der Waals surface area (Å²) in [5, 5.41) is 7.39. The van der Waals surface area contributed by atoms with Crippen molar-refractivity contribution in [2.24, 2.45) is 0 Å². The second-order valence-electron chi connectivity index (χ2n) is 5.46. The van der Waals surface area contributed by atoms with Gasteiger partial charge in [-0.2, -0.15) is 5.10 Å². The molecule has 0 unspecified atom stereocenters. The number of carbonyl (C=O) groups is 1. The van der Waals surface area contributed by atoms with Crippen molar-refractivity contribution in [2.45, 2.75) is 6.54 Å². The van der Waals surface area contributed by atoms with Crippen molar-refractivity contribution in [1.82, 2.24) is 9.78 Å². The molecule has 0 aliphatic rings. The van der Waals surface area contributed by atoms with Gasteiger partial charge in [-0.25, -0.2) is 13.5 Å². The molecular weight excluding hydrogens is 360 g/mol. The standard InChI is InChI=1S/C19H14ClF2N3O/c20-14-4-1-3-13(11-14)12-25-18(9-10-23-25)24-19(26)8-7-15-16(21)5-2-6-17(15)22/h1-11H,12H2,(H,24,26)/b8-7-. The van der Waals surface area contributed by atoms with Crippen LogP contribution in [0, 0.1) is 11.6 Å². The van der Waals surface area contributed by atoms with Crippen molar-refractivity contribution >= 4 is 29.4 Å². The molecule has 132 valence electrons. The van der Waals surface area contributed by atoms with Gasteiger partial charge in [-0.1, -0.05) is 29.8 Å². The van der Waals surface area contributed by atoms with Crippen molar-refractivity contribution in [3.05, 3.63) is 88.6 Å². The monoisotopic (exact) mass is 373 g/mol. The number of amides is 1. The minimum absolute atomic E-state index is 0.268. The molecule has 26 heavy (non-hydrogen) atoms. The van der Waals surface area contributed by atoms with Gasteiger partial charge < -0.3 is 5.32 Å². The number of rotatable bonds is 5. The molecule has 0 aliphatic carbocycles. The third-order valence-electron chi connectivity index (χ3n) is 3.59. The molecule has 0 radical (unpaired) electrons. The maximum absolute atomic E-state index is 13.6. The number of aromatic nitrogens is 2. The lowest BCUT2D eigenvalue weighted by Crippen LogP contribution is -2.13. The number of halogens is 3. The Balaban J connectivity index is 1.71. The smallest absolute Gasteiger partial charge is 0.249 e. The Labute approximate surface area is 153 Å². The second-order valence-corrected chi connectivity index (χ2v) is 5.90. The van der Waals surface area contributed by atoms with Crippen molar-refractivity contribution in [2.75, 3.05) is 5.32 Å². The third-order valence-corrected chi connectivity index (χ3v) is 3.83. The number of carbonyl (C=O) groups excluding carboxylic acids is 1. The van der Waals surface area contributed by atoms with Gasteiger partial charge in [0.25, 0.3) is 0 Å². The maximum Gasteiger partial charge on any atom is 0.249 e. The van der Waals surface area contributed by atoms with Crippen LogP contribution in [0.2, 0.25) is 5.02 Å². The molecule has 0 fully saturated rings. The third kappa shape index (κ3) is 4.34. The predicted octanol–water partition coefficient (Wildman–Crippen LogP) is 4.51. The van der Waals surface area contributed by atoms with Crippen molar-refractivity contribution in [3.8, 4) is 0 Å². The summed E-state index contributed by atoms with van der Waals surface area (Å²) in [7, 11) is 0. The van der Waals surface area contributed by atoms with E-state index >= 15 is 0 Å². The van der Waals surface area contributed by atoms with E-state index in [4.69, 9.17) is 11.6 Å². The molecule has 2 aromatic carbocycles.